The average molecular weight is 530 g/mol. The molecule has 0 aliphatic carbocycles. The number of ether oxygens (including phenoxy) is 1. The molecule has 34 heavy (non-hydrogen) atoms. The molecule has 1 saturated heterocycles. The predicted molar refractivity (Wildman–Crippen MR) is 127 cm³/mol. The maximum Gasteiger partial charge on any atom is 0.266 e. The van der Waals surface area contributed by atoms with Gasteiger partial charge in [-0.25, -0.2) is 22.2 Å². The minimum absolute atomic E-state index is 0.0624. The predicted octanol–water partition coefficient (Wildman–Crippen LogP) is 4.36. The number of rotatable bonds is 10. The third-order valence-corrected chi connectivity index (χ3v) is 7.55. The molecule has 182 valence electrons. The van der Waals surface area contributed by atoms with E-state index >= 15 is 0 Å². The fourth-order valence-electron chi connectivity index (χ4n) is 3.56. The lowest BCUT2D eigenvalue weighted by Crippen LogP contribution is -2.26. The molecular weight excluding hydrogens is 508 g/mol. The van der Waals surface area contributed by atoms with Gasteiger partial charge in [0.15, 0.2) is 11.6 Å². The highest BCUT2D eigenvalue weighted by Crippen LogP contribution is 2.28. The Bertz CT molecular complexity index is 1240. The molecule has 1 fully saturated rings. The summed E-state index contributed by atoms with van der Waals surface area (Å²) in [5.74, 6) is -2.59. The van der Waals surface area contributed by atoms with Crippen LogP contribution in [0.5, 0.6) is 5.75 Å². The van der Waals surface area contributed by atoms with Crippen molar-refractivity contribution in [3.63, 3.8) is 0 Å². The second-order valence-electron chi connectivity index (χ2n) is 7.63. The molecule has 0 bridgehead atoms. The van der Waals surface area contributed by atoms with Gasteiger partial charge in [-0.05, 0) is 38.1 Å². The van der Waals surface area contributed by atoms with Crippen molar-refractivity contribution in [2.75, 3.05) is 36.2 Å². The van der Waals surface area contributed by atoms with Gasteiger partial charge < -0.3 is 15.0 Å². The second-order valence-corrected chi connectivity index (χ2v) is 10.5. The molecule has 0 unspecified atom stereocenters. The fraction of sp³-hybridized carbons (Fsp3) is 0.333. The van der Waals surface area contributed by atoms with Crippen LogP contribution < -0.4 is 14.8 Å². The molecule has 1 aliphatic heterocycles. The molecule has 4 rings (SSSR count). The summed E-state index contributed by atoms with van der Waals surface area (Å²) in [6, 6.07) is 6.44. The van der Waals surface area contributed by atoms with Gasteiger partial charge in [0.25, 0.3) is 10.0 Å². The van der Waals surface area contributed by atoms with Gasteiger partial charge in [-0.15, -0.1) is 0 Å². The molecule has 13 heteroatoms. The van der Waals surface area contributed by atoms with Gasteiger partial charge >= 0.3 is 0 Å². The molecule has 0 radical (unpaired) electrons. The highest BCUT2D eigenvalue weighted by Gasteiger charge is 2.24. The van der Waals surface area contributed by atoms with E-state index in [0.717, 1.165) is 43.2 Å². The van der Waals surface area contributed by atoms with Gasteiger partial charge in [-0.1, -0.05) is 17.7 Å². The standard InChI is InChI=1S/C21H22ClF2N5O3S2/c22-15-4-3-14(18(9-15)25-5-8-29-6-1-2-7-29)12-32-19-10-17(24)20(11-16(19)23)34(30,31)28-21-26-13-27-33-21/h3-4,9-11,13,25H,1-2,5-8,12H2,(H,26,27,28). The van der Waals surface area contributed by atoms with Crippen molar-refractivity contribution < 1.29 is 21.9 Å². The zero-order chi connectivity index (χ0) is 24.1. The quantitative estimate of drug-likeness (QED) is 0.403. The van der Waals surface area contributed by atoms with Crippen LogP contribution in [0.25, 0.3) is 0 Å². The monoisotopic (exact) mass is 529 g/mol. The first kappa shape index (κ1) is 24.6. The summed E-state index contributed by atoms with van der Waals surface area (Å²) in [5.41, 5.74) is 1.42. The van der Waals surface area contributed by atoms with Crippen molar-refractivity contribution in [1.29, 1.82) is 0 Å². The Balaban J connectivity index is 1.44. The van der Waals surface area contributed by atoms with E-state index in [1.807, 2.05) is 0 Å². The van der Waals surface area contributed by atoms with Gasteiger partial charge in [0.2, 0.25) is 5.13 Å². The minimum Gasteiger partial charge on any atom is -0.486 e. The van der Waals surface area contributed by atoms with E-state index < -0.39 is 32.3 Å². The van der Waals surface area contributed by atoms with Gasteiger partial charge in [0.05, 0.1) is 0 Å². The molecule has 0 amide bonds. The Morgan fingerprint density at radius 3 is 2.68 bits per heavy atom. The van der Waals surface area contributed by atoms with Gasteiger partial charge in [0, 0.05) is 53.0 Å². The topological polar surface area (TPSA) is 96.5 Å². The number of aromatic nitrogens is 2. The average Bonchev–Trinajstić information content (AvgIpc) is 3.49. The number of nitrogens with one attached hydrogen (secondary N) is 2. The highest BCUT2D eigenvalue weighted by molar-refractivity contribution is 7.93. The van der Waals surface area contributed by atoms with Gasteiger partial charge in [0.1, 0.15) is 23.6 Å². The van der Waals surface area contributed by atoms with Crippen LogP contribution in [-0.2, 0) is 16.6 Å². The number of likely N-dealkylation sites (tertiary alicyclic amines) is 1. The molecule has 0 saturated carbocycles. The summed E-state index contributed by atoms with van der Waals surface area (Å²) in [6.45, 7) is 3.67. The van der Waals surface area contributed by atoms with E-state index in [2.05, 4.69) is 24.3 Å². The van der Waals surface area contributed by atoms with Crippen LogP contribution in [0.1, 0.15) is 18.4 Å². The zero-order valence-electron chi connectivity index (χ0n) is 17.9. The van der Waals surface area contributed by atoms with Crippen LogP contribution in [-0.4, -0.2) is 48.9 Å². The molecule has 2 N–H and O–H groups in total. The number of hydrogen-bond acceptors (Lipinski definition) is 8. The van der Waals surface area contributed by atoms with E-state index in [1.165, 1.54) is 12.8 Å². The summed E-state index contributed by atoms with van der Waals surface area (Å²) in [7, 11) is -4.39. The van der Waals surface area contributed by atoms with Crippen LogP contribution in [0.2, 0.25) is 5.02 Å². The van der Waals surface area contributed by atoms with Crippen molar-refractivity contribution in [2.24, 2.45) is 0 Å². The number of anilines is 2. The van der Waals surface area contributed by atoms with Crippen molar-refractivity contribution in [3.05, 3.63) is 58.9 Å². The lowest BCUT2D eigenvalue weighted by molar-refractivity contribution is 0.288. The molecule has 1 aliphatic rings. The Hall–Kier alpha value is -2.54. The number of halogens is 3. The minimum atomic E-state index is -4.39. The molecule has 0 spiro atoms. The molecule has 2 heterocycles. The Kier molecular flexibility index (Phi) is 7.81. The van der Waals surface area contributed by atoms with Crippen molar-refractivity contribution in [2.45, 2.75) is 24.3 Å². The second kappa shape index (κ2) is 10.8. The lowest BCUT2D eigenvalue weighted by Gasteiger charge is -2.18. The maximum atomic E-state index is 14.6. The zero-order valence-corrected chi connectivity index (χ0v) is 20.3. The SMILES string of the molecule is O=S(=O)(Nc1ncns1)c1cc(F)c(OCc2ccc(Cl)cc2NCCN2CCCC2)cc1F. The smallest absolute Gasteiger partial charge is 0.266 e. The van der Waals surface area contributed by atoms with E-state index in [9.17, 15) is 17.2 Å². The molecule has 0 atom stereocenters. The fourth-order valence-corrected chi connectivity index (χ4v) is 5.47. The van der Waals surface area contributed by atoms with Gasteiger partial charge in [-0.3, -0.25) is 4.72 Å². The number of nitrogens with zero attached hydrogens (tertiary/aromatic N) is 3. The van der Waals surface area contributed by atoms with Crippen molar-refractivity contribution >= 4 is 44.0 Å². The van der Waals surface area contributed by atoms with Crippen LogP contribution in [0, 0.1) is 11.6 Å². The summed E-state index contributed by atoms with van der Waals surface area (Å²) < 4.78 is 65.2. The molecule has 3 aromatic rings. The third kappa shape index (κ3) is 6.12. The normalized spacial score (nSPS) is 14.3. The number of sulfonamides is 1. The lowest BCUT2D eigenvalue weighted by atomic mass is 10.2. The number of benzene rings is 2. The third-order valence-electron chi connectivity index (χ3n) is 5.26. The Labute approximate surface area is 205 Å². The van der Waals surface area contributed by atoms with E-state index in [4.69, 9.17) is 16.3 Å². The van der Waals surface area contributed by atoms with Crippen molar-refractivity contribution in [1.82, 2.24) is 14.3 Å². The molecule has 8 nitrogen and oxygen atoms in total. The number of hydrogen-bond donors (Lipinski definition) is 2. The first-order valence-electron chi connectivity index (χ1n) is 10.5. The summed E-state index contributed by atoms with van der Waals surface area (Å²) in [5, 5.41) is 3.79. The maximum absolute atomic E-state index is 14.6. The Morgan fingerprint density at radius 2 is 1.94 bits per heavy atom. The molecule has 1 aromatic heterocycles. The van der Waals surface area contributed by atoms with Crippen molar-refractivity contribution in [3.8, 4) is 5.75 Å². The summed E-state index contributed by atoms with van der Waals surface area (Å²) >= 11 is 6.89. The van der Waals surface area contributed by atoms with E-state index in [1.54, 1.807) is 18.2 Å². The first-order valence-corrected chi connectivity index (χ1v) is 13.1. The van der Waals surface area contributed by atoms with Gasteiger partial charge in [-0.2, -0.15) is 4.37 Å². The highest BCUT2D eigenvalue weighted by atomic mass is 35.5. The van der Waals surface area contributed by atoms with Crippen LogP contribution in [0.3, 0.4) is 0 Å². The van der Waals surface area contributed by atoms with Crippen LogP contribution in [0.15, 0.2) is 41.6 Å². The van der Waals surface area contributed by atoms with Crippen LogP contribution in [0.4, 0.5) is 19.6 Å². The Morgan fingerprint density at radius 1 is 1.15 bits per heavy atom. The van der Waals surface area contributed by atoms with E-state index in [-0.39, 0.29) is 11.7 Å². The van der Waals surface area contributed by atoms with Crippen LogP contribution >= 0.6 is 23.1 Å². The largest absolute Gasteiger partial charge is 0.486 e. The first-order chi connectivity index (χ1) is 16.3. The molecule has 2 aromatic carbocycles. The van der Waals surface area contributed by atoms with E-state index in [0.29, 0.717) is 29.3 Å². The summed E-state index contributed by atoms with van der Waals surface area (Å²) in [6.07, 6.45) is 3.55. The summed E-state index contributed by atoms with van der Waals surface area (Å²) in [4.78, 5) is 5.18. The molecular formula is C21H22ClF2N5O3S2.